The summed E-state index contributed by atoms with van der Waals surface area (Å²) in [5.41, 5.74) is 2.34. The lowest BCUT2D eigenvalue weighted by atomic mass is 9.75. The molecule has 0 fully saturated rings. The van der Waals surface area contributed by atoms with Crippen LogP contribution >= 0.6 is 0 Å². The van der Waals surface area contributed by atoms with Crippen LogP contribution in [0.5, 0.6) is 0 Å². The highest BCUT2D eigenvalue weighted by molar-refractivity contribution is 5.81. The Morgan fingerprint density at radius 3 is 2.72 bits per heavy atom. The largest absolute Gasteiger partial charge is 0.411 e. The van der Waals surface area contributed by atoms with Crippen LogP contribution < -0.4 is 0 Å². The molecule has 0 bridgehead atoms. The number of carbonyl (C=O) groups excluding carboxylic acids is 1. The van der Waals surface area contributed by atoms with Crippen LogP contribution in [0.15, 0.2) is 24.3 Å². The zero-order chi connectivity index (χ0) is 13.2. The standard InChI is InChI=1S/C13H13F3O2/c14-13(15,16)8-18-7-11(17)6-10-5-9-3-1-2-4-12(9)10/h1-4,10H,5-8H2. The van der Waals surface area contributed by atoms with Gasteiger partial charge in [0.1, 0.15) is 13.2 Å². The van der Waals surface area contributed by atoms with E-state index in [0.29, 0.717) is 0 Å². The maximum absolute atomic E-state index is 11.8. The summed E-state index contributed by atoms with van der Waals surface area (Å²) in [6.45, 7) is -1.82. The average Bonchev–Trinajstić information content (AvgIpc) is 2.24. The summed E-state index contributed by atoms with van der Waals surface area (Å²) in [5.74, 6) is -0.137. The van der Waals surface area contributed by atoms with Crippen molar-refractivity contribution in [1.29, 1.82) is 0 Å². The Hall–Kier alpha value is -1.36. The molecule has 0 heterocycles. The summed E-state index contributed by atoms with van der Waals surface area (Å²) >= 11 is 0. The average molecular weight is 258 g/mol. The predicted octanol–water partition coefficient (Wildman–Crippen LogP) is 2.86. The molecule has 0 spiro atoms. The van der Waals surface area contributed by atoms with Crippen molar-refractivity contribution in [2.75, 3.05) is 13.2 Å². The van der Waals surface area contributed by atoms with E-state index in [9.17, 15) is 18.0 Å². The maximum atomic E-state index is 11.8. The smallest absolute Gasteiger partial charge is 0.364 e. The van der Waals surface area contributed by atoms with Gasteiger partial charge in [-0.05, 0) is 23.5 Å². The van der Waals surface area contributed by atoms with Gasteiger partial charge < -0.3 is 4.74 Å². The second kappa shape index (κ2) is 5.10. The van der Waals surface area contributed by atoms with Gasteiger partial charge in [-0.3, -0.25) is 4.79 Å². The van der Waals surface area contributed by atoms with Crippen LogP contribution in [-0.4, -0.2) is 25.2 Å². The zero-order valence-corrected chi connectivity index (χ0v) is 9.67. The molecule has 0 N–H and O–H groups in total. The predicted molar refractivity (Wildman–Crippen MR) is 59.4 cm³/mol. The number of ether oxygens (including phenoxy) is 1. The number of hydrogen-bond acceptors (Lipinski definition) is 2. The molecule has 0 saturated carbocycles. The topological polar surface area (TPSA) is 26.3 Å². The molecule has 0 aliphatic heterocycles. The van der Waals surface area contributed by atoms with E-state index in [1.54, 1.807) is 0 Å². The quantitative estimate of drug-likeness (QED) is 0.811. The Morgan fingerprint density at radius 2 is 2.06 bits per heavy atom. The zero-order valence-electron chi connectivity index (χ0n) is 9.67. The third-order valence-electron chi connectivity index (χ3n) is 2.96. The molecular formula is C13H13F3O2. The van der Waals surface area contributed by atoms with Gasteiger partial charge in [0.2, 0.25) is 0 Å². The molecule has 1 aliphatic carbocycles. The van der Waals surface area contributed by atoms with Gasteiger partial charge in [0.05, 0.1) is 0 Å². The number of halogens is 3. The van der Waals surface area contributed by atoms with Gasteiger partial charge in [0.25, 0.3) is 0 Å². The normalized spacial score (nSPS) is 18.1. The highest BCUT2D eigenvalue weighted by atomic mass is 19.4. The van der Waals surface area contributed by atoms with E-state index in [1.165, 1.54) is 5.56 Å². The third-order valence-corrected chi connectivity index (χ3v) is 2.96. The van der Waals surface area contributed by atoms with Crippen LogP contribution in [0.1, 0.15) is 23.5 Å². The van der Waals surface area contributed by atoms with Gasteiger partial charge in [-0.2, -0.15) is 13.2 Å². The molecule has 18 heavy (non-hydrogen) atoms. The number of rotatable bonds is 5. The van der Waals surface area contributed by atoms with Crippen molar-refractivity contribution in [2.45, 2.75) is 24.9 Å². The van der Waals surface area contributed by atoms with E-state index in [2.05, 4.69) is 4.74 Å². The van der Waals surface area contributed by atoms with Crippen molar-refractivity contribution < 1.29 is 22.7 Å². The number of fused-ring (bicyclic) bond motifs is 1. The highest BCUT2D eigenvalue weighted by Gasteiger charge is 2.29. The molecule has 1 atom stereocenters. The summed E-state index contributed by atoms with van der Waals surface area (Å²) in [6, 6.07) is 7.78. The number of hydrogen-bond donors (Lipinski definition) is 0. The Balaban J connectivity index is 1.74. The lowest BCUT2D eigenvalue weighted by Crippen LogP contribution is -2.24. The summed E-state index contributed by atoms with van der Waals surface area (Å²) < 4.78 is 39.8. The number of carbonyl (C=O) groups is 1. The molecular weight excluding hydrogens is 245 g/mol. The van der Waals surface area contributed by atoms with E-state index in [0.717, 1.165) is 12.0 Å². The van der Waals surface area contributed by atoms with E-state index in [1.807, 2.05) is 24.3 Å². The van der Waals surface area contributed by atoms with Crippen molar-refractivity contribution in [3.05, 3.63) is 35.4 Å². The van der Waals surface area contributed by atoms with E-state index in [4.69, 9.17) is 0 Å². The molecule has 1 aromatic rings. The van der Waals surface area contributed by atoms with Gasteiger partial charge >= 0.3 is 6.18 Å². The highest BCUT2D eigenvalue weighted by Crippen LogP contribution is 2.37. The van der Waals surface area contributed by atoms with E-state index >= 15 is 0 Å². The maximum Gasteiger partial charge on any atom is 0.411 e. The fourth-order valence-electron chi connectivity index (χ4n) is 2.16. The van der Waals surface area contributed by atoms with Crippen LogP contribution in [-0.2, 0) is 16.0 Å². The molecule has 2 rings (SSSR count). The van der Waals surface area contributed by atoms with Gasteiger partial charge in [-0.15, -0.1) is 0 Å². The summed E-state index contributed by atoms with van der Waals surface area (Å²) in [4.78, 5) is 11.4. The van der Waals surface area contributed by atoms with Gasteiger partial charge in [-0.25, -0.2) is 0 Å². The van der Waals surface area contributed by atoms with Crippen molar-refractivity contribution >= 4 is 5.78 Å². The molecule has 2 nitrogen and oxygen atoms in total. The van der Waals surface area contributed by atoms with Gasteiger partial charge in [-0.1, -0.05) is 24.3 Å². The first-order valence-electron chi connectivity index (χ1n) is 5.70. The fourth-order valence-corrected chi connectivity index (χ4v) is 2.16. The lowest BCUT2D eigenvalue weighted by molar-refractivity contribution is -0.175. The number of alkyl halides is 3. The van der Waals surface area contributed by atoms with Crippen molar-refractivity contribution in [3.63, 3.8) is 0 Å². The molecule has 1 aliphatic rings. The van der Waals surface area contributed by atoms with Crippen LogP contribution in [0, 0.1) is 0 Å². The summed E-state index contributed by atoms with van der Waals surface area (Å²) in [5, 5.41) is 0. The van der Waals surface area contributed by atoms with E-state index < -0.39 is 19.4 Å². The molecule has 0 amide bonds. The molecule has 1 aromatic carbocycles. The van der Waals surface area contributed by atoms with Crippen LogP contribution in [0.4, 0.5) is 13.2 Å². The van der Waals surface area contributed by atoms with Crippen LogP contribution in [0.25, 0.3) is 0 Å². The summed E-state index contributed by atoms with van der Waals surface area (Å²) in [6.07, 6.45) is -3.29. The molecule has 5 heteroatoms. The number of benzene rings is 1. The second-order valence-corrected chi connectivity index (χ2v) is 4.45. The monoisotopic (exact) mass is 258 g/mol. The molecule has 0 saturated heterocycles. The third kappa shape index (κ3) is 3.32. The van der Waals surface area contributed by atoms with Gasteiger partial charge in [0, 0.05) is 6.42 Å². The first-order valence-corrected chi connectivity index (χ1v) is 5.70. The van der Waals surface area contributed by atoms with Crippen LogP contribution in [0.2, 0.25) is 0 Å². The van der Waals surface area contributed by atoms with Gasteiger partial charge in [0.15, 0.2) is 5.78 Å². The minimum atomic E-state index is -4.37. The molecule has 0 radical (unpaired) electrons. The minimum Gasteiger partial charge on any atom is -0.364 e. The molecule has 98 valence electrons. The van der Waals surface area contributed by atoms with Crippen LogP contribution in [0.3, 0.4) is 0 Å². The first-order chi connectivity index (χ1) is 8.46. The summed E-state index contributed by atoms with van der Waals surface area (Å²) in [7, 11) is 0. The Morgan fingerprint density at radius 1 is 1.33 bits per heavy atom. The Kier molecular flexibility index (Phi) is 3.71. The fraction of sp³-hybridized carbons (Fsp3) is 0.462. The number of Topliss-reactive ketones (excluding diaryl/α,β-unsaturated/α-hetero) is 1. The lowest BCUT2D eigenvalue weighted by Gasteiger charge is -2.29. The van der Waals surface area contributed by atoms with Crippen molar-refractivity contribution in [2.24, 2.45) is 0 Å². The SMILES string of the molecule is O=C(COCC(F)(F)F)CC1Cc2ccccc21. The van der Waals surface area contributed by atoms with E-state index in [-0.39, 0.29) is 18.1 Å². The van der Waals surface area contributed by atoms with Crippen molar-refractivity contribution in [3.8, 4) is 0 Å². The minimum absolute atomic E-state index is 0.142. The van der Waals surface area contributed by atoms with Crippen molar-refractivity contribution in [1.82, 2.24) is 0 Å². The first kappa shape index (κ1) is 13.1. The number of ketones is 1. The molecule has 0 aromatic heterocycles. The molecule has 1 unspecified atom stereocenters. The Labute approximate surface area is 103 Å². The Bertz CT molecular complexity index is 440. The second-order valence-electron chi connectivity index (χ2n) is 4.45.